The van der Waals surface area contributed by atoms with Gasteiger partial charge in [0.05, 0.1) is 0 Å². The Bertz CT molecular complexity index is 253. The molecule has 0 aromatic rings. The summed E-state index contributed by atoms with van der Waals surface area (Å²) in [5.74, 6) is 0.748. The van der Waals surface area contributed by atoms with Crippen LogP contribution in [0.5, 0.6) is 0 Å². The molecule has 1 amide bonds. The molecule has 1 rings (SSSR count). The summed E-state index contributed by atoms with van der Waals surface area (Å²) in [4.78, 5) is 14.3. The zero-order valence-corrected chi connectivity index (χ0v) is 11.8. The number of amides is 1. The van der Waals surface area contributed by atoms with E-state index in [0.717, 1.165) is 13.0 Å². The number of hydrogen-bond acceptors (Lipinski definition) is 2. The molecule has 1 fully saturated rings. The summed E-state index contributed by atoms with van der Waals surface area (Å²) < 4.78 is 0. The standard InChI is InChI=1S/C14H28N2O/c1-11(14(2,3)4)10-13(17)16(9-5-8-15)12-6-7-12/h11-12H,5-10,15H2,1-4H3. The third-order valence-corrected chi connectivity index (χ3v) is 3.87. The number of carbonyl (C=O) groups excluding carboxylic acids is 1. The molecule has 2 N–H and O–H groups in total. The first kappa shape index (κ1) is 14.5. The molecule has 0 aromatic heterocycles. The lowest BCUT2D eigenvalue weighted by molar-refractivity contribution is -0.133. The van der Waals surface area contributed by atoms with Gasteiger partial charge in [-0.25, -0.2) is 0 Å². The number of rotatable bonds is 6. The number of carbonyl (C=O) groups is 1. The lowest BCUT2D eigenvalue weighted by Crippen LogP contribution is -2.37. The Balaban J connectivity index is 2.47. The minimum Gasteiger partial charge on any atom is -0.340 e. The van der Waals surface area contributed by atoms with Crippen LogP contribution in [0.4, 0.5) is 0 Å². The van der Waals surface area contributed by atoms with Crippen molar-refractivity contribution < 1.29 is 4.79 Å². The average Bonchev–Trinajstić information content (AvgIpc) is 3.01. The van der Waals surface area contributed by atoms with Gasteiger partial charge in [-0.15, -0.1) is 0 Å². The summed E-state index contributed by atoms with van der Waals surface area (Å²) in [6.45, 7) is 10.3. The highest BCUT2D eigenvalue weighted by Gasteiger charge is 2.33. The first-order valence-electron chi connectivity index (χ1n) is 6.85. The Hall–Kier alpha value is -0.570. The lowest BCUT2D eigenvalue weighted by atomic mass is 9.80. The molecule has 1 saturated carbocycles. The third kappa shape index (κ3) is 4.66. The van der Waals surface area contributed by atoms with Crippen molar-refractivity contribution in [1.29, 1.82) is 0 Å². The molecular weight excluding hydrogens is 212 g/mol. The van der Waals surface area contributed by atoms with E-state index >= 15 is 0 Å². The molecule has 1 atom stereocenters. The van der Waals surface area contributed by atoms with E-state index in [9.17, 15) is 4.79 Å². The zero-order valence-electron chi connectivity index (χ0n) is 11.8. The van der Waals surface area contributed by atoms with Crippen LogP contribution in [0.3, 0.4) is 0 Å². The van der Waals surface area contributed by atoms with E-state index in [4.69, 9.17) is 5.73 Å². The van der Waals surface area contributed by atoms with Crippen molar-refractivity contribution in [3.63, 3.8) is 0 Å². The Morgan fingerprint density at radius 1 is 1.41 bits per heavy atom. The van der Waals surface area contributed by atoms with Gasteiger partial charge in [0, 0.05) is 19.0 Å². The van der Waals surface area contributed by atoms with E-state index < -0.39 is 0 Å². The highest BCUT2D eigenvalue weighted by molar-refractivity contribution is 5.77. The molecule has 100 valence electrons. The van der Waals surface area contributed by atoms with Crippen LogP contribution < -0.4 is 5.73 Å². The van der Waals surface area contributed by atoms with Gasteiger partial charge >= 0.3 is 0 Å². The molecule has 0 aliphatic heterocycles. The fraction of sp³-hybridized carbons (Fsp3) is 0.929. The van der Waals surface area contributed by atoms with Gasteiger partial charge in [-0.2, -0.15) is 0 Å². The van der Waals surface area contributed by atoms with Crippen molar-refractivity contribution in [2.75, 3.05) is 13.1 Å². The van der Waals surface area contributed by atoms with Crippen molar-refractivity contribution in [2.45, 2.75) is 59.4 Å². The molecule has 1 aliphatic rings. The van der Waals surface area contributed by atoms with Gasteiger partial charge in [0.15, 0.2) is 0 Å². The SMILES string of the molecule is CC(CC(=O)N(CCCN)C1CC1)C(C)(C)C. The van der Waals surface area contributed by atoms with E-state index in [1.54, 1.807) is 0 Å². The number of nitrogens with two attached hydrogens (primary N) is 1. The number of nitrogens with zero attached hydrogens (tertiary/aromatic N) is 1. The molecule has 0 saturated heterocycles. The Morgan fingerprint density at radius 2 is 2.00 bits per heavy atom. The maximum atomic E-state index is 12.3. The van der Waals surface area contributed by atoms with Crippen molar-refractivity contribution in [3.8, 4) is 0 Å². The molecule has 0 spiro atoms. The van der Waals surface area contributed by atoms with E-state index in [-0.39, 0.29) is 5.41 Å². The van der Waals surface area contributed by atoms with Crippen LogP contribution in [0.15, 0.2) is 0 Å². The van der Waals surface area contributed by atoms with Crippen molar-refractivity contribution in [2.24, 2.45) is 17.1 Å². The summed E-state index contributed by atoms with van der Waals surface area (Å²) in [7, 11) is 0. The fourth-order valence-corrected chi connectivity index (χ4v) is 1.84. The molecule has 0 bridgehead atoms. The van der Waals surface area contributed by atoms with Crippen LogP contribution >= 0.6 is 0 Å². The van der Waals surface area contributed by atoms with Gasteiger partial charge in [0.1, 0.15) is 0 Å². The highest BCUT2D eigenvalue weighted by atomic mass is 16.2. The zero-order chi connectivity index (χ0) is 13.1. The molecule has 1 unspecified atom stereocenters. The van der Waals surface area contributed by atoms with E-state index in [1.165, 1.54) is 12.8 Å². The fourth-order valence-electron chi connectivity index (χ4n) is 1.84. The maximum absolute atomic E-state index is 12.3. The second-order valence-corrected chi connectivity index (χ2v) is 6.43. The Kier molecular flexibility index (Phi) is 4.99. The summed E-state index contributed by atoms with van der Waals surface area (Å²) in [5, 5.41) is 0. The Morgan fingerprint density at radius 3 is 2.41 bits per heavy atom. The van der Waals surface area contributed by atoms with Crippen molar-refractivity contribution in [1.82, 2.24) is 4.90 Å². The van der Waals surface area contributed by atoms with Crippen LogP contribution in [0.1, 0.15) is 53.4 Å². The molecule has 0 aromatic carbocycles. The van der Waals surface area contributed by atoms with Gasteiger partial charge in [0.2, 0.25) is 5.91 Å². The first-order valence-corrected chi connectivity index (χ1v) is 6.85. The monoisotopic (exact) mass is 240 g/mol. The van der Waals surface area contributed by atoms with E-state index in [2.05, 4.69) is 32.6 Å². The summed E-state index contributed by atoms with van der Waals surface area (Å²) in [6.07, 6.45) is 3.96. The normalized spacial score (nSPS) is 17.9. The molecule has 0 heterocycles. The van der Waals surface area contributed by atoms with Gasteiger partial charge in [0.25, 0.3) is 0 Å². The van der Waals surface area contributed by atoms with E-state index in [1.807, 2.05) is 0 Å². The molecule has 0 radical (unpaired) electrons. The summed E-state index contributed by atoms with van der Waals surface area (Å²) >= 11 is 0. The molecular formula is C14H28N2O. The van der Waals surface area contributed by atoms with Gasteiger partial charge in [-0.05, 0) is 37.1 Å². The molecule has 17 heavy (non-hydrogen) atoms. The van der Waals surface area contributed by atoms with Crippen LogP contribution in [0.2, 0.25) is 0 Å². The second kappa shape index (κ2) is 5.85. The van der Waals surface area contributed by atoms with E-state index in [0.29, 0.717) is 30.8 Å². The average molecular weight is 240 g/mol. The first-order chi connectivity index (χ1) is 7.86. The predicted octanol–water partition coefficient (Wildman–Crippen LogP) is 2.40. The van der Waals surface area contributed by atoms with Crippen LogP contribution in [0, 0.1) is 11.3 Å². The van der Waals surface area contributed by atoms with Crippen molar-refractivity contribution in [3.05, 3.63) is 0 Å². The summed E-state index contributed by atoms with van der Waals surface area (Å²) in [6, 6.07) is 0.515. The highest BCUT2D eigenvalue weighted by Crippen LogP contribution is 2.32. The maximum Gasteiger partial charge on any atom is 0.223 e. The lowest BCUT2D eigenvalue weighted by Gasteiger charge is -2.30. The molecule has 1 aliphatic carbocycles. The smallest absolute Gasteiger partial charge is 0.223 e. The molecule has 3 heteroatoms. The summed E-state index contributed by atoms with van der Waals surface area (Å²) in [5.41, 5.74) is 5.74. The van der Waals surface area contributed by atoms with Gasteiger partial charge in [-0.3, -0.25) is 4.79 Å². The van der Waals surface area contributed by atoms with Crippen molar-refractivity contribution >= 4 is 5.91 Å². The number of hydrogen-bond donors (Lipinski definition) is 1. The minimum atomic E-state index is 0.207. The molecule has 3 nitrogen and oxygen atoms in total. The Labute approximate surface area is 106 Å². The topological polar surface area (TPSA) is 46.3 Å². The van der Waals surface area contributed by atoms with Crippen LogP contribution in [0.25, 0.3) is 0 Å². The van der Waals surface area contributed by atoms with Gasteiger partial charge in [-0.1, -0.05) is 27.7 Å². The predicted molar refractivity (Wildman–Crippen MR) is 71.6 cm³/mol. The minimum absolute atomic E-state index is 0.207. The third-order valence-electron chi connectivity index (χ3n) is 3.87. The quantitative estimate of drug-likeness (QED) is 0.775. The largest absolute Gasteiger partial charge is 0.340 e. The van der Waals surface area contributed by atoms with Gasteiger partial charge < -0.3 is 10.6 Å². The van der Waals surface area contributed by atoms with Crippen LogP contribution in [-0.4, -0.2) is 29.9 Å². The van der Waals surface area contributed by atoms with Crippen LogP contribution in [-0.2, 0) is 4.79 Å². The second-order valence-electron chi connectivity index (χ2n) is 6.43.